The molecule has 168 valence electrons. The van der Waals surface area contributed by atoms with Gasteiger partial charge in [0.2, 0.25) is 5.91 Å². The monoisotopic (exact) mass is 460 g/mol. The predicted octanol–water partition coefficient (Wildman–Crippen LogP) is 3.79. The fourth-order valence-electron chi connectivity index (χ4n) is 3.00. The van der Waals surface area contributed by atoms with Crippen LogP contribution in [0.2, 0.25) is 0 Å². The van der Waals surface area contributed by atoms with Gasteiger partial charge in [-0.25, -0.2) is 17.2 Å². The molecule has 0 unspecified atom stereocenters. The summed E-state index contributed by atoms with van der Waals surface area (Å²) < 4.78 is 59.9. The highest BCUT2D eigenvalue weighted by atomic mass is 32.2. The number of carbonyl (C=O) groups excluding carboxylic acids is 1. The van der Waals surface area contributed by atoms with Gasteiger partial charge in [0.05, 0.1) is 17.7 Å². The second-order valence-corrected chi connectivity index (χ2v) is 8.86. The van der Waals surface area contributed by atoms with Crippen molar-refractivity contribution in [2.45, 2.75) is 18.4 Å². The number of ether oxygens (including phenoxy) is 1. The minimum atomic E-state index is -4.23. The topological polar surface area (TPSA) is 75.7 Å². The number of rotatable bonds is 8. The van der Waals surface area contributed by atoms with Crippen LogP contribution < -0.4 is 14.4 Å². The molecular formula is C23H22F2N2O4S. The average Bonchev–Trinajstić information content (AvgIpc) is 2.78. The first-order chi connectivity index (χ1) is 15.2. The maximum atomic E-state index is 13.8. The molecule has 0 bridgehead atoms. The molecule has 0 saturated carbocycles. The Balaban J connectivity index is 1.89. The Morgan fingerprint density at radius 2 is 1.72 bits per heavy atom. The molecule has 0 spiro atoms. The van der Waals surface area contributed by atoms with E-state index in [9.17, 15) is 22.0 Å². The van der Waals surface area contributed by atoms with Crippen molar-refractivity contribution in [2.24, 2.45) is 0 Å². The van der Waals surface area contributed by atoms with Crippen molar-refractivity contribution < 1.29 is 26.7 Å². The van der Waals surface area contributed by atoms with Crippen LogP contribution in [0.3, 0.4) is 0 Å². The second-order valence-electron chi connectivity index (χ2n) is 7.00. The van der Waals surface area contributed by atoms with Crippen LogP contribution in [0.25, 0.3) is 0 Å². The lowest BCUT2D eigenvalue weighted by atomic mass is 10.1. The third kappa shape index (κ3) is 5.23. The molecule has 0 atom stereocenters. The highest BCUT2D eigenvalue weighted by Crippen LogP contribution is 2.32. The summed E-state index contributed by atoms with van der Waals surface area (Å²) in [5.41, 5.74) is 1.16. The number of hydrogen-bond donors (Lipinski definition) is 1. The normalized spacial score (nSPS) is 11.1. The van der Waals surface area contributed by atoms with Crippen molar-refractivity contribution >= 4 is 21.6 Å². The van der Waals surface area contributed by atoms with Gasteiger partial charge in [0, 0.05) is 6.54 Å². The third-order valence-corrected chi connectivity index (χ3v) is 6.54. The standard InChI is InChI=1S/C23H22F2N2O4S/c1-16-7-8-17(13-20(16)25)14-26-23(28)15-27(21-5-3-4-6-22(21)31-2)32(29,30)19-11-9-18(24)10-12-19/h3-13H,14-15H2,1-2H3,(H,26,28). The van der Waals surface area contributed by atoms with Crippen LogP contribution in [-0.4, -0.2) is 28.0 Å². The van der Waals surface area contributed by atoms with Crippen molar-refractivity contribution in [1.29, 1.82) is 0 Å². The van der Waals surface area contributed by atoms with Gasteiger partial charge in [0.25, 0.3) is 10.0 Å². The molecule has 0 aliphatic carbocycles. The van der Waals surface area contributed by atoms with E-state index in [4.69, 9.17) is 4.74 Å². The number of benzene rings is 3. The zero-order valence-electron chi connectivity index (χ0n) is 17.5. The maximum absolute atomic E-state index is 13.8. The molecule has 0 fully saturated rings. The molecule has 6 nitrogen and oxygen atoms in total. The van der Waals surface area contributed by atoms with E-state index < -0.39 is 34.1 Å². The Bertz CT molecular complexity index is 1210. The Kier molecular flexibility index (Phi) is 7.09. The first-order valence-electron chi connectivity index (χ1n) is 9.65. The Morgan fingerprint density at radius 1 is 1.03 bits per heavy atom. The highest BCUT2D eigenvalue weighted by molar-refractivity contribution is 7.92. The summed E-state index contributed by atoms with van der Waals surface area (Å²) in [7, 11) is -2.85. The number of methoxy groups -OCH3 is 1. The lowest BCUT2D eigenvalue weighted by Gasteiger charge is -2.25. The van der Waals surface area contributed by atoms with E-state index in [1.807, 2.05) is 0 Å². The molecule has 3 aromatic carbocycles. The van der Waals surface area contributed by atoms with Crippen molar-refractivity contribution in [3.05, 3.63) is 89.5 Å². The van der Waals surface area contributed by atoms with Gasteiger partial charge in [-0.2, -0.15) is 0 Å². The van der Waals surface area contributed by atoms with E-state index in [-0.39, 0.29) is 22.9 Å². The third-order valence-electron chi connectivity index (χ3n) is 4.77. The van der Waals surface area contributed by atoms with Crippen molar-refractivity contribution in [2.75, 3.05) is 18.0 Å². The number of anilines is 1. The van der Waals surface area contributed by atoms with Gasteiger partial charge in [-0.05, 0) is 60.5 Å². The van der Waals surface area contributed by atoms with Gasteiger partial charge < -0.3 is 10.1 Å². The molecule has 0 radical (unpaired) electrons. The lowest BCUT2D eigenvalue weighted by Crippen LogP contribution is -2.40. The molecular weight excluding hydrogens is 438 g/mol. The summed E-state index contributed by atoms with van der Waals surface area (Å²) in [6.07, 6.45) is 0. The van der Waals surface area contributed by atoms with Gasteiger partial charge in [0.1, 0.15) is 23.9 Å². The minimum Gasteiger partial charge on any atom is -0.495 e. The summed E-state index contributed by atoms with van der Waals surface area (Å²) in [4.78, 5) is 12.5. The zero-order valence-corrected chi connectivity index (χ0v) is 18.3. The Hall–Kier alpha value is -3.46. The number of nitrogens with zero attached hydrogens (tertiary/aromatic N) is 1. The van der Waals surface area contributed by atoms with Crippen LogP contribution in [0.15, 0.2) is 71.6 Å². The van der Waals surface area contributed by atoms with Crippen molar-refractivity contribution in [3.8, 4) is 5.75 Å². The molecule has 9 heteroatoms. The molecule has 3 aromatic rings. The van der Waals surface area contributed by atoms with Gasteiger partial charge in [-0.1, -0.05) is 24.3 Å². The summed E-state index contributed by atoms with van der Waals surface area (Å²) in [6.45, 7) is 1.09. The number of carbonyl (C=O) groups is 1. The number of aryl methyl sites for hydroxylation is 1. The summed E-state index contributed by atoms with van der Waals surface area (Å²) in [6, 6.07) is 15.2. The minimum absolute atomic E-state index is 0.0202. The van der Waals surface area contributed by atoms with Gasteiger partial charge in [-0.15, -0.1) is 0 Å². The fraction of sp³-hybridized carbons (Fsp3) is 0.174. The average molecular weight is 461 g/mol. The van der Waals surface area contributed by atoms with E-state index in [2.05, 4.69) is 5.32 Å². The van der Waals surface area contributed by atoms with Gasteiger partial charge >= 0.3 is 0 Å². The molecule has 0 aliphatic heterocycles. The quantitative estimate of drug-likeness (QED) is 0.555. The Morgan fingerprint density at radius 3 is 2.38 bits per heavy atom. The highest BCUT2D eigenvalue weighted by Gasteiger charge is 2.29. The van der Waals surface area contributed by atoms with E-state index in [1.54, 1.807) is 37.3 Å². The number of nitrogens with one attached hydrogen (secondary N) is 1. The number of para-hydroxylation sites is 2. The van der Waals surface area contributed by atoms with Gasteiger partial charge in [0.15, 0.2) is 0 Å². The van der Waals surface area contributed by atoms with E-state index >= 15 is 0 Å². The summed E-state index contributed by atoms with van der Waals surface area (Å²) in [5.74, 6) is -1.35. The second kappa shape index (κ2) is 9.78. The van der Waals surface area contributed by atoms with Crippen LogP contribution >= 0.6 is 0 Å². The summed E-state index contributed by atoms with van der Waals surface area (Å²) in [5, 5.41) is 2.60. The maximum Gasteiger partial charge on any atom is 0.264 e. The Labute approximate surface area is 185 Å². The molecule has 0 saturated heterocycles. The smallest absolute Gasteiger partial charge is 0.264 e. The molecule has 0 aromatic heterocycles. The van der Waals surface area contributed by atoms with Crippen LogP contribution in [0.1, 0.15) is 11.1 Å². The fourth-order valence-corrected chi connectivity index (χ4v) is 4.43. The van der Waals surface area contributed by atoms with Crippen molar-refractivity contribution in [1.82, 2.24) is 5.32 Å². The first kappa shape index (κ1) is 23.2. The molecule has 1 N–H and O–H groups in total. The first-order valence-corrected chi connectivity index (χ1v) is 11.1. The largest absolute Gasteiger partial charge is 0.495 e. The summed E-state index contributed by atoms with van der Waals surface area (Å²) >= 11 is 0. The number of halogens is 2. The number of hydrogen-bond acceptors (Lipinski definition) is 4. The van der Waals surface area contributed by atoms with E-state index in [1.165, 1.54) is 19.2 Å². The number of amides is 1. The molecule has 1 amide bonds. The predicted molar refractivity (Wildman–Crippen MR) is 117 cm³/mol. The van der Waals surface area contributed by atoms with Crippen LogP contribution in [-0.2, 0) is 21.4 Å². The molecule has 3 rings (SSSR count). The molecule has 0 aliphatic rings. The van der Waals surface area contributed by atoms with Gasteiger partial charge in [-0.3, -0.25) is 9.10 Å². The van der Waals surface area contributed by atoms with Crippen LogP contribution in [0.5, 0.6) is 5.75 Å². The van der Waals surface area contributed by atoms with E-state index in [0.29, 0.717) is 11.1 Å². The van der Waals surface area contributed by atoms with E-state index in [0.717, 1.165) is 28.6 Å². The molecule has 0 heterocycles. The van der Waals surface area contributed by atoms with Crippen molar-refractivity contribution in [3.63, 3.8) is 0 Å². The number of sulfonamides is 1. The van der Waals surface area contributed by atoms with Crippen LogP contribution in [0.4, 0.5) is 14.5 Å². The van der Waals surface area contributed by atoms with Crippen LogP contribution in [0, 0.1) is 18.6 Å². The SMILES string of the molecule is COc1ccccc1N(CC(=O)NCc1ccc(C)c(F)c1)S(=O)(=O)c1ccc(F)cc1. The zero-order chi connectivity index (χ0) is 23.3. The lowest BCUT2D eigenvalue weighted by molar-refractivity contribution is -0.119. The molecule has 32 heavy (non-hydrogen) atoms.